The van der Waals surface area contributed by atoms with E-state index in [9.17, 15) is 9.18 Å². The fraction of sp³-hybridized carbons (Fsp3) is 0.562. The molecular weight excluding hydrogens is 287 g/mol. The predicted molar refractivity (Wildman–Crippen MR) is 80.4 cm³/mol. The molecule has 2 amide bonds. The Hall–Kier alpha value is -1.66. The summed E-state index contributed by atoms with van der Waals surface area (Å²) in [5, 5.41) is 5.67. The molecule has 120 valence electrons. The Morgan fingerprint density at radius 2 is 2.27 bits per heavy atom. The minimum Gasteiger partial charge on any atom is -0.378 e. The molecule has 0 aliphatic carbocycles. The summed E-state index contributed by atoms with van der Waals surface area (Å²) in [5.41, 5.74) is 1.07. The molecule has 0 unspecified atom stereocenters. The normalized spacial score (nSPS) is 27.8. The van der Waals surface area contributed by atoms with Crippen molar-refractivity contribution in [2.24, 2.45) is 0 Å². The molecule has 1 aromatic rings. The van der Waals surface area contributed by atoms with E-state index >= 15 is 0 Å². The molecular formula is C16H21FN2O3. The van der Waals surface area contributed by atoms with E-state index < -0.39 is 0 Å². The average molecular weight is 308 g/mol. The van der Waals surface area contributed by atoms with E-state index in [-0.39, 0.29) is 23.5 Å². The van der Waals surface area contributed by atoms with Gasteiger partial charge in [-0.15, -0.1) is 0 Å². The number of amides is 2. The number of ether oxygens (including phenoxy) is 2. The van der Waals surface area contributed by atoms with E-state index in [0.29, 0.717) is 25.5 Å². The van der Waals surface area contributed by atoms with Crippen LogP contribution in [-0.2, 0) is 9.47 Å². The molecule has 2 atom stereocenters. The van der Waals surface area contributed by atoms with Gasteiger partial charge in [-0.1, -0.05) is 6.07 Å². The van der Waals surface area contributed by atoms with Gasteiger partial charge in [0.05, 0.1) is 12.2 Å². The number of anilines is 1. The van der Waals surface area contributed by atoms with Crippen LogP contribution in [0.4, 0.5) is 14.9 Å². The molecule has 0 radical (unpaired) electrons. The largest absolute Gasteiger partial charge is 0.378 e. The van der Waals surface area contributed by atoms with Gasteiger partial charge in [0.15, 0.2) is 0 Å². The van der Waals surface area contributed by atoms with Gasteiger partial charge in [-0.3, -0.25) is 0 Å². The number of hydrogen-bond donors (Lipinski definition) is 2. The fourth-order valence-corrected chi connectivity index (χ4v) is 3.09. The molecule has 0 bridgehead atoms. The second-order valence-corrected chi connectivity index (χ2v) is 6.08. The summed E-state index contributed by atoms with van der Waals surface area (Å²) in [4.78, 5) is 12.1. The molecule has 2 fully saturated rings. The third kappa shape index (κ3) is 3.39. The lowest BCUT2D eigenvalue weighted by Crippen LogP contribution is -2.49. The van der Waals surface area contributed by atoms with Crippen molar-refractivity contribution in [2.45, 2.75) is 37.8 Å². The molecule has 2 aliphatic heterocycles. The van der Waals surface area contributed by atoms with Crippen LogP contribution in [0.25, 0.3) is 0 Å². The summed E-state index contributed by atoms with van der Waals surface area (Å²) in [7, 11) is 0. The summed E-state index contributed by atoms with van der Waals surface area (Å²) in [5.74, 6) is -0.367. The smallest absolute Gasteiger partial charge is 0.319 e. The molecule has 0 saturated carbocycles. The van der Waals surface area contributed by atoms with Crippen LogP contribution >= 0.6 is 0 Å². The molecule has 3 rings (SSSR count). The predicted octanol–water partition coefficient (Wildman–Crippen LogP) is 2.59. The monoisotopic (exact) mass is 308 g/mol. The standard InChI is InChI=1S/C16H21FN2O3/c1-11-2-3-12(17)8-14(11)19-15(20)18-13-4-6-22-16(9-13)5-7-21-10-16/h2-3,8,13H,4-7,9-10H2,1H3,(H2,18,19,20)/t13-,16-/m0/s1. The quantitative estimate of drug-likeness (QED) is 0.883. The topological polar surface area (TPSA) is 59.6 Å². The molecule has 2 saturated heterocycles. The van der Waals surface area contributed by atoms with Gasteiger partial charge >= 0.3 is 6.03 Å². The molecule has 5 nitrogen and oxygen atoms in total. The number of nitrogens with one attached hydrogen (secondary N) is 2. The maximum absolute atomic E-state index is 13.3. The molecule has 22 heavy (non-hydrogen) atoms. The summed E-state index contributed by atoms with van der Waals surface area (Å²) >= 11 is 0. The Morgan fingerprint density at radius 1 is 1.41 bits per heavy atom. The number of halogens is 1. The van der Waals surface area contributed by atoms with Crippen LogP contribution in [0.5, 0.6) is 0 Å². The Balaban J connectivity index is 1.58. The maximum atomic E-state index is 13.3. The van der Waals surface area contributed by atoms with Crippen molar-refractivity contribution in [1.82, 2.24) is 5.32 Å². The van der Waals surface area contributed by atoms with Crippen LogP contribution in [0, 0.1) is 12.7 Å². The van der Waals surface area contributed by atoms with E-state index in [1.54, 1.807) is 6.07 Å². The van der Waals surface area contributed by atoms with Crippen molar-refractivity contribution >= 4 is 11.7 Å². The fourth-order valence-electron chi connectivity index (χ4n) is 3.09. The van der Waals surface area contributed by atoms with Gasteiger partial charge in [-0.05, 0) is 37.5 Å². The number of benzene rings is 1. The van der Waals surface area contributed by atoms with Gasteiger partial charge in [0.25, 0.3) is 0 Å². The highest BCUT2D eigenvalue weighted by molar-refractivity contribution is 5.90. The van der Waals surface area contributed by atoms with Crippen LogP contribution in [0.3, 0.4) is 0 Å². The SMILES string of the molecule is Cc1ccc(F)cc1NC(=O)N[C@H]1CCO[C@@]2(CCOC2)C1. The second kappa shape index (κ2) is 6.22. The number of hydrogen-bond acceptors (Lipinski definition) is 3. The summed E-state index contributed by atoms with van der Waals surface area (Å²) in [6.07, 6.45) is 2.40. The van der Waals surface area contributed by atoms with Crippen molar-refractivity contribution in [1.29, 1.82) is 0 Å². The van der Waals surface area contributed by atoms with Crippen LogP contribution in [0.15, 0.2) is 18.2 Å². The van der Waals surface area contributed by atoms with Gasteiger partial charge in [0.1, 0.15) is 5.82 Å². The first-order chi connectivity index (χ1) is 10.6. The first-order valence-electron chi connectivity index (χ1n) is 7.62. The first-order valence-corrected chi connectivity index (χ1v) is 7.62. The lowest BCUT2D eigenvalue weighted by molar-refractivity contribution is -0.0877. The zero-order valence-corrected chi connectivity index (χ0v) is 12.7. The van der Waals surface area contributed by atoms with Crippen molar-refractivity contribution < 1.29 is 18.7 Å². The summed E-state index contributed by atoms with van der Waals surface area (Å²) < 4.78 is 24.5. The van der Waals surface area contributed by atoms with Crippen molar-refractivity contribution in [3.05, 3.63) is 29.6 Å². The van der Waals surface area contributed by atoms with Crippen LogP contribution in [0.2, 0.25) is 0 Å². The number of aryl methyl sites for hydroxylation is 1. The first kappa shape index (κ1) is 15.2. The van der Waals surface area contributed by atoms with Crippen molar-refractivity contribution in [2.75, 3.05) is 25.1 Å². The number of urea groups is 1. The van der Waals surface area contributed by atoms with Gasteiger partial charge < -0.3 is 20.1 Å². The number of carbonyl (C=O) groups excluding carboxylic acids is 1. The van der Waals surface area contributed by atoms with Crippen LogP contribution in [-0.4, -0.2) is 37.5 Å². The zero-order valence-electron chi connectivity index (χ0n) is 12.7. The molecule has 1 spiro atoms. The molecule has 6 heteroatoms. The van der Waals surface area contributed by atoms with E-state index in [1.807, 2.05) is 6.92 Å². The maximum Gasteiger partial charge on any atom is 0.319 e. The summed E-state index contributed by atoms with van der Waals surface area (Å²) in [6, 6.07) is 4.08. The lowest BCUT2D eigenvalue weighted by atomic mass is 9.90. The van der Waals surface area contributed by atoms with E-state index in [2.05, 4.69) is 10.6 Å². The van der Waals surface area contributed by atoms with Crippen LogP contribution < -0.4 is 10.6 Å². The summed E-state index contributed by atoms with van der Waals surface area (Å²) in [6.45, 7) is 3.75. The van der Waals surface area contributed by atoms with Gasteiger partial charge in [0, 0.05) is 31.4 Å². The Morgan fingerprint density at radius 3 is 3.05 bits per heavy atom. The third-order valence-electron chi connectivity index (χ3n) is 4.34. The molecule has 2 heterocycles. The highest BCUT2D eigenvalue weighted by Gasteiger charge is 2.41. The van der Waals surface area contributed by atoms with Crippen LogP contribution in [0.1, 0.15) is 24.8 Å². The average Bonchev–Trinajstić information content (AvgIpc) is 2.90. The highest BCUT2D eigenvalue weighted by Crippen LogP contribution is 2.32. The number of rotatable bonds is 2. The second-order valence-electron chi connectivity index (χ2n) is 6.08. The lowest BCUT2D eigenvalue weighted by Gasteiger charge is -2.37. The Kier molecular flexibility index (Phi) is 4.31. The van der Waals surface area contributed by atoms with E-state index in [4.69, 9.17) is 9.47 Å². The molecule has 1 aromatic carbocycles. The number of carbonyl (C=O) groups is 1. The van der Waals surface area contributed by atoms with Gasteiger partial charge in [-0.25, -0.2) is 9.18 Å². The minimum atomic E-state index is -0.367. The Bertz CT molecular complexity index is 558. The highest BCUT2D eigenvalue weighted by atomic mass is 19.1. The van der Waals surface area contributed by atoms with Gasteiger partial charge in [0.2, 0.25) is 0 Å². The molecule has 2 aliphatic rings. The minimum absolute atomic E-state index is 0.0457. The van der Waals surface area contributed by atoms with E-state index in [1.165, 1.54) is 12.1 Å². The van der Waals surface area contributed by atoms with Crippen molar-refractivity contribution in [3.8, 4) is 0 Å². The van der Waals surface area contributed by atoms with Gasteiger partial charge in [-0.2, -0.15) is 0 Å². The zero-order chi connectivity index (χ0) is 15.6. The Labute approximate surface area is 129 Å². The molecule has 0 aromatic heterocycles. The van der Waals surface area contributed by atoms with Crippen molar-refractivity contribution in [3.63, 3.8) is 0 Å². The third-order valence-corrected chi connectivity index (χ3v) is 4.34. The molecule has 2 N–H and O–H groups in total. The van der Waals surface area contributed by atoms with E-state index in [0.717, 1.165) is 24.8 Å².